The average Bonchev–Trinajstić information content (AvgIpc) is 3.28. The van der Waals surface area contributed by atoms with Crippen LogP contribution in [0.1, 0.15) is 31.8 Å². The van der Waals surface area contributed by atoms with Gasteiger partial charge in [-0.3, -0.25) is 24.0 Å². The summed E-state index contributed by atoms with van der Waals surface area (Å²) in [7, 11) is 1.85. The zero-order valence-corrected chi connectivity index (χ0v) is 19.6. The van der Waals surface area contributed by atoms with Crippen LogP contribution in [0.15, 0.2) is 55.0 Å². The van der Waals surface area contributed by atoms with Gasteiger partial charge in [-0.25, -0.2) is 9.97 Å². The van der Waals surface area contributed by atoms with Crippen LogP contribution < -0.4 is 10.2 Å². The molecular formula is C26H23N7O3. The molecule has 36 heavy (non-hydrogen) atoms. The van der Waals surface area contributed by atoms with Crippen LogP contribution in [-0.2, 0) is 11.8 Å². The molecule has 2 aromatic heterocycles. The van der Waals surface area contributed by atoms with E-state index in [4.69, 9.17) is 0 Å². The maximum atomic E-state index is 13.2. The Hall–Kier alpha value is -4.44. The highest BCUT2D eigenvalue weighted by molar-refractivity contribution is 6.30. The number of hydrogen-bond donors (Lipinski definition) is 1. The van der Waals surface area contributed by atoms with Crippen LogP contribution in [0.25, 0.3) is 11.0 Å². The third kappa shape index (κ3) is 3.62. The number of nitrogens with zero attached hydrogens (tertiary/aromatic N) is 6. The smallest absolute Gasteiger partial charge is 0.238 e. The summed E-state index contributed by atoms with van der Waals surface area (Å²) in [5, 5.41) is 8.05. The van der Waals surface area contributed by atoms with Crippen LogP contribution in [0.2, 0.25) is 0 Å². The van der Waals surface area contributed by atoms with E-state index in [0.29, 0.717) is 48.6 Å². The molecule has 1 aliphatic carbocycles. The second-order valence-corrected chi connectivity index (χ2v) is 8.95. The first kappa shape index (κ1) is 22.1. The van der Waals surface area contributed by atoms with Crippen molar-refractivity contribution in [3.63, 3.8) is 0 Å². The van der Waals surface area contributed by atoms with Crippen LogP contribution in [0.3, 0.4) is 0 Å². The molecule has 0 bridgehead atoms. The predicted molar refractivity (Wildman–Crippen MR) is 133 cm³/mol. The van der Waals surface area contributed by atoms with E-state index in [9.17, 15) is 14.4 Å². The lowest BCUT2D eigenvalue weighted by Gasteiger charge is -2.35. The number of aryl methyl sites for hydroxylation is 1. The summed E-state index contributed by atoms with van der Waals surface area (Å²) in [4.78, 5) is 52.1. The maximum Gasteiger partial charge on any atom is 0.238 e. The van der Waals surface area contributed by atoms with Crippen molar-refractivity contribution in [2.24, 2.45) is 7.05 Å². The number of rotatable bonds is 4. The Balaban J connectivity index is 1.14. The fourth-order valence-corrected chi connectivity index (χ4v) is 4.96. The molecule has 3 heterocycles. The first-order valence-electron chi connectivity index (χ1n) is 11.7. The van der Waals surface area contributed by atoms with Crippen LogP contribution >= 0.6 is 0 Å². The van der Waals surface area contributed by atoms with Gasteiger partial charge >= 0.3 is 0 Å². The van der Waals surface area contributed by atoms with E-state index in [1.54, 1.807) is 59.7 Å². The Bertz CT molecular complexity index is 1540. The number of anilines is 2. The highest BCUT2D eigenvalue weighted by Crippen LogP contribution is 2.32. The van der Waals surface area contributed by atoms with Crippen LogP contribution in [0.4, 0.5) is 11.5 Å². The number of nitrogens with one attached hydrogen (secondary N) is 1. The lowest BCUT2D eigenvalue weighted by Crippen LogP contribution is -2.49. The molecule has 2 aliphatic rings. The molecular weight excluding hydrogens is 458 g/mol. The van der Waals surface area contributed by atoms with Gasteiger partial charge in [-0.2, -0.15) is 5.10 Å². The number of benzene rings is 2. The molecule has 1 fully saturated rings. The third-order valence-electron chi connectivity index (χ3n) is 6.77. The summed E-state index contributed by atoms with van der Waals surface area (Å²) >= 11 is 0. The van der Waals surface area contributed by atoms with E-state index in [1.807, 2.05) is 7.05 Å². The molecule has 0 saturated carbocycles. The molecule has 0 atom stereocenters. The van der Waals surface area contributed by atoms with Gasteiger partial charge in [0.05, 0.1) is 29.4 Å². The zero-order valence-electron chi connectivity index (χ0n) is 19.6. The second-order valence-electron chi connectivity index (χ2n) is 8.95. The largest absolute Gasteiger partial charge is 0.353 e. The quantitative estimate of drug-likeness (QED) is 0.414. The number of carbonyl (C=O) groups excluding carboxylic acids is 3. The monoisotopic (exact) mass is 481 g/mol. The molecule has 10 heteroatoms. The molecule has 180 valence electrons. The molecule has 4 aromatic rings. The first-order chi connectivity index (χ1) is 17.5. The van der Waals surface area contributed by atoms with Crippen molar-refractivity contribution in [1.82, 2.24) is 24.6 Å². The Morgan fingerprint density at radius 3 is 2.42 bits per heavy atom. The molecule has 0 radical (unpaired) electrons. The minimum Gasteiger partial charge on any atom is -0.353 e. The zero-order chi connectivity index (χ0) is 24.8. The molecule has 1 saturated heterocycles. The van der Waals surface area contributed by atoms with Gasteiger partial charge in [-0.15, -0.1) is 0 Å². The van der Waals surface area contributed by atoms with Crippen molar-refractivity contribution in [2.45, 2.75) is 0 Å². The summed E-state index contributed by atoms with van der Waals surface area (Å²) in [5.74, 6) is 0.153. The number of fused-ring (bicyclic) bond motifs is 3. The SMILES string of the molecule is Cn1ncc2c(N3CCN(CC(=O)Nc4cccc5c4C(=O)c4ccccc4C5=O)CC3)ncnc21. The van der Waals surface area contributed by atoms with Crippen molar-refractivity contribution in [1.29, 1.82) is 0 Å². The molecule has 0 unspecified atom stereocenters. The van der Waals surface area contributed by atoms with E-state index < -0.39 is 0 Å². The van der Waals surface area contributed by atoms with Crippen LogP contribution in [0, 0.1) is 0 Å². The third-order valence-corrected chi connectivity index (χ3v) is 6.77. The number of aromatic nitrogens is 4. The molecule has 10 nitrogen and oxygen atoms in total. The highest BCUT2D eigenvalue weighted by Gasteiger charge is 2.32. The van der Waals surface area contributed by atoms with Gasteiger partial charge < -0.3 is 10.2 Å². The number of carbonyl (C=O) groups is 3. The average molecular weight is 482 g/mol. The van der Waals surface area contributed by atoms with Gasteiger partial charge in [0, 0.05) is 49.9 Å². The van der Waals surface area contributed by atoms with Crippen LogP contribution in [-0.4, -0.2) is 74.8 Å². The van der Waals surface area contributed by atoms with Crippen molar-refractivity contribution < 1.29 is 14.4 Å². The topological polar surface area (TPSA) is 113 Å². The predicted octanol–water partition coefficient (Wildman–Crippen LogP) is 1.90. The minimum atomic E-state index is -0.253. The van der Waals surface area contributed by atoms with Gasteiger partial charge in [0.1, 0.15) is 12.1 Å². The standard InChI is InChI=1S/C26H23N7O3/c1-31-25-19(13-29-31)26(28-15-27-25)33-11-9-32(10-12-33)14-21(34)30-20-8-4-7-18-22(20)24(36)17-6-3-2-5-16(17)23(18)35/h2-8,13,15H,9-12,14H2,1H3,(H,30,34). The lowest BCUT2D eigenvalue weighted by atomic mass is 9.83. The molecule has 6 rings (SSSR count). The summed E-state index contributed by atoms with van der Waals surface area (Å²) in [6.07, 6.45) is 3.32. The summed E-state index contributed by atoms with van der Waals surface area (Å²) in [5.41, 5.74) is 2.47. The van der Waals surface area contributed by atoms with Gasteiger partial charge in [0.2, 0.25) is 5.91 Å². The Labute approximate surface area is 206 Å². The van der Waals surface area contributed by atoms with E-state index in [-0.39, 0.29) is 29.6 Å². The first-order valence-corrected chi connectivity index (χ1v) is 11.7. The molecule has 0 spiro atoms. The molecule has 1 aliphatic heterocycles. The Morgan fingerprint density at radius 2 is 1.64 bits per heavy atom. The van der Waals surface area contributed by atoms with Gasteiger partial charge in [0.25, 0.3) is 0 Å². The van der Waals surface area contributed by atoms with Crippen molar-refractivity contribution >= 4 is 40.0 Å². The van der Waals surface area contributed by atoms with Gasteiger partial charge in [0.15, 0.2) is 17.2 Å². The summed E-state index contributed by atoms with van der Waals surface area (Å²) in [6, 6.07) is 11.8. The van der Waals surface area contributed by atoms with Gasteiger partial charge in [-0.1, -0.05) is 36.4 Å². The normalized spacial score (nSPS) is 15.6. The lowest BCUT2D eigenvalue weighted by molar-refractivity contribution is -0.117. The Morgan fingerprint density at radius 1 is 0.917 bits per heavy atom. The van der Waals surface area contributed by atoms with E-state index in [0.717, 1.165) is 16.9 Å². The summed E-state index contributed by atoms with van der Waals surface area (Å²) in [6.45, 7) is 2.95. The number of piperazine rings is 1. The molecule has 2 aromatic carbocycles. The number of ketones is 2. The Kier molecular flexibility index (Phi) is 5.30. The van der Waals surface area contributed by atoms with Crippen LogP contribution in [0.5, 0.6) is 0 Å². The van der Waals surface area contributed by atoms with Crippen molar-refractivity contribution in [3.8, 4) is 0 Å². The molecule has 1 amide bonds. The van der Waals surface area contributed by atoms with Crippen molar-refractivity contribution in [2.75, 3.05) is 42.9 Å². The highest BCUT2D eigenvalue weighted by atomic mass is 16.2. The van der Waals surface area contributed by atoms with E-state index in [1.165, 1.54) is 0 Å². The second kappa shape index (κ2) is 8.65. The van der Waals surface area contributed by atoms with Gasteiger partial charge in [-0.05, 0) is 6.07 Å². The van der Waals surface area contributed by atoms with E-state index in [2.05, 4.69) is 30.2 Å². The number of amides is 1. The van der Waals surface area contributed by atoms with E-state index >= 15 is 0 Å². The fraction of sp³-hybridized carbons (Fsp3) is 0.231. The maximum absolute atomic E-state index is 13.2. The minimum absolute atomic E-state index is 0.183. The molecule has 1 N–H and O–H groups in total. The van der Waals surface area contributed by atoms with Crippen molar-refractivity contribution in [3.05, 3.63) is 77.2 Å². The fourth-order valence-electron chi connectivity index (χ4n) is 4.96. The number of hydrogen-bond acceptors (Lipinski definition) is 8. The summed E-state index contributed by atoms with van der Waals surface area (Å²) < 4.78 is 1.72.